The average molecular weight is 319 g/mol. The summed E-state index contributed by atoms with van der Waals surface area (Å²) in [5.74, 6) is 0.512. The molecule has 126 valence electrons. The van der Waals surface area contributed by atoms with E-state index in [2.05, 4.69) is 13.8 Å². The van der Waals surface area contributed by atoms with Gasteiger partial charge in [0.25, 0.3) is 0 Å². The molecule has 0 amide bonds. The normalized spacial score (nSPS) is 55.0. The minimum Gasteiger partial charge on any atom is -0.389 e. The van der Waals surface area contributed by atoms with Crippen molar-refractivity contribution in [2.24, 2.45) is 34.3 Å². The molecule has 0 heterocycles. The van der Waals surface area contributed by atoms with Gasteiger partial charge >= 0.3 is 0 Å². The number of carbonyl (C=O) groups is 1. The van der Waals surface area contributed by atoms with Gasteiger partial charge in [-0.1, -0.05) is 31.6 Å². The molecule has 2 saturated carbocycles. The monoisotopic (exact) mass is 319 g/mol. The second kappa shape index (κ2) is 4.76. The quantitative estimate of drug-likeness (QED) is 0.675. The Hall–Kier alpha value is -1.00. The lowest BCUT2D eigenvalue weighted by atomic mass is 9.48. The van der Waals surface area contributed by atoms with Gasteiger partial charge in [-0.3, -0.25) is 4.79 Å². The van der Waals surface area contributed by atoms with Crippen molar-refractivity contribution in [1.29, 1.82) is 0 Å². The lowest BCUT2D eigenvalue weighted by Gasteiger charge is -2.57. The van der Waals surface area contributed by atoms with Crippen LogP contribution >= 0.6 is 0 Å². The molecule has 3 unspecified atom stereocenters. The molecule has 3 nitrogen and oxygen atoms in total. The summed E-state index contributed by atoms with van der Waals surface area (Å²) in [6.07, 6.45) is 6.72. The summed E-state index contributed by atoms with van der Waals surface area (Å²) in [7, 11) is 0. The molecule has 0 aliphatic heterocycles. The van der Waals surface area contributed by atoms with Crippen molar-refractivity contribution in [3.63, 3.8) is 0 Å². The second-order valence-electron chi connectivity index (χ2n) is 8.55. The van der Waals surface area contributed by atoms with Crippen LogP contribution in [-0.4, -0.2) is 29.2 Å². The highest BCUT2D eigenvalue weighted by Gasteiger charge is 2.62. The van der Waals surface area contributed by atoms with Gasteiger partial charge in [-0.25, -0.2) is 4.39 Å². The van der Waals surface area contributed by atoms with Gasteiger partial charge in [-0.05, 0) is 48.5 Å². The molecule has 0 radical (unpaired) electrons. The molecule has 2 fully saturated rings. The third-order valence-corrected chi connectivity index (χ3v) is 7.61. The number of hydrogen-bond donors (Lipinski definition) is 2. The van der Waals surface area contributed by atoms with Gasteiger partial charge in [-0.2, -0.15) is 0 Å². The predicted molar refractivity (Wildman–Crippen MR) is 86.3 cm³/mol. The van der Waals surface area contributed by atoms with E-state index in [0.29, 0.717) is 12.8 Å². The smallest absolute Gasteiger partial charge is 0.159 e. The maximum absolute atomic E-state index is 14.3. The van der Waals surface area contributed by atoms with E-state index in [1.54, 1.807) is 6.08 Å². The molecule has 0 aromatic carbocycles. The van der Waals surface area contributed by atoms with Crippen LogP contribution in [-0.2, 0) is 4.79 Å². The van der Waals surface area contributed by atoms with E-state index in [1.165, 1.54) is 0 Å². The Morgan fingerprint density at radius 3 is 2.83 bits per heavy atom. The number of aliphatic hydroxyl groups is 1. The Bertz CT molecular complexity index is 614. The molecule has 0 aromatic heterocycles. The fourth-order valence-electron chi connectivity index (χ4n) is 6.11. The molecule has 0 bridgehead atoms. The maximum atomic E-state index is 14.3. The topological polar surface area (TPSA) is 63.3 Å². The zero-order valence-corrected chi connectivity index (χ0v) is 13.8. The summed E-state index contributed by atoms with van der Waals surface area (Å²) in [6.45, 7) is 4.28. The van der Waals surface area contributed by atoms with Gasteiger partial charge < -0.3 is 10.8 Å². The molecule has 0 saturated heterocycles. The van der Waals surface area contributed by atoms with Crippen molar-refractivity contribution in [2.45, 2.75) is 57.8 Å². The Kier molecular flexibility index (Phi) is 3.21. The number of carbonyl (C=O) groups excluding carboxylic acids is 1. The Balaban J connectivity index is 1.78. The molecule has 4 aliphatic carbocycles. The van der Waals surface area contributed by atoms with Crippen molar-refractivity contribution in [3.05, 3.63) is 23.8 Å². The Morgan fingerprint density at radius 2 is 2.09 bits per heavy atom. The van der Waals surface area contributed by atoms with E-state index in [0.717, 1.165) is 18.4 Å². The minimum absolute atomic E-state index is 0.0344. The van der Waals surface area contributed by atoms with Crippen molar-refractivity contribution in [2.75, 3.05) is 0 Å². The molecular formula is C19H26FNO2. The van der Waals surface area contributed by atoms with E-state index < -0.39 is 18.3 Å². The first-order chi connectivity index (χ1) is 10.8. The fourth-order valence-corrected chi connectivity index (χ4v) is 6.11. The van der Waals surface area contributed by atoms with Crippen LogP contribution in [0.5, 0.6) is 0 Å². The molecule has 8 atom stereocenters. The summed E-state index contributed by atoms with van der Waals surface area (Å²) in [4.78, 5) is 11.8. The van der Waals surface area contributed by atoms with Gasteiger partial charge in [0.15, 0.2) is 5.78 Å². The van der Waals surface area contributed by atoms with Crippen LogP contribution in [0.1, 0.15) is 39.5 Å². The van der Waals surface area contributed by atoms with E-state index >= 15 is 0 Å². The molecular weight excluding hydrogens is 293 g/mol. The SMILES string of the molecule is C[C@]12C=CC(=O)CC1=CC(O)[C@@H]1[C@H]2CC[C@]2(C)C(N)C(F)C[C@@H]12. The molecule has 0 spiro atoms. The highest BCUT2D eigenvalue weighted by atomic mass is 19.1. The van der Waals surface area contributed by atoms with Gasteiger partial charge in [0.1, 0.15) is 6.17 Å². The average Bonchev–Trinajstić information content (AvgIpc) is 2.73. The highest BCUT2D eigenvalue weighted by Crippen LogP contribution is 2.63. The first-order valence-electron chi connectivity index (χ1n) is 8.78. The highest BCUT2D eigenvalue weighted by molar-refractivity contribution is 5.93. The zero-order chi connectivity index (χ0) is 16.6. The van der Waals surface area contributed by atoms with Gasteiger partial charge in [0, 0.05) is 17.9 Å². The number of alkyl halides is 1. The number of nitrogens with two attached hydrogens (primary N) is 1. The molecule has 4 aliphatic rings. The van der Waals surface area contributed by atoms with Gasteiger partial charge in [0.05, 0.1) is 6.10 Å². The lowest BCUT2D eigenvalue weighted by Crippen LogP contribution is -2.55. The van der Waals surface area contributed by atoms with E-state index in [4.69, 9.17) is 5.73 Å². The summed E-state index contributed by atoms with van der Waals surface area (Å²) in [6, 6.07) is -0.428. The second-order valence-corrected chi connectivity index (χ2v) is 8.55. The lowest BCUT2D eigenvalue weighted by molar-refractivity contribution is -0.115. The summed E-state index contributed by atoms with van der Waals surface area (Å²) in [5, 5.41) is 10.8. The first-order valence-corrected chi connectivity index (χ1v) is 8.78. The molecule has 0 aromatic rings. The first kappa shape index (κ1) is 15.5. The Morgan fingerprint density at radius 1 is 1.35 bits per heavy atom. The number of fused-ring (bicyclic) bond motifs is 5. The number of hydrogen-bond acceptors (Lipinski definition) is 3. The van der Waals surface area contributed by atoms with Crippen molar-refractivity contribution >= 4 is 5.78 Å². The molecule has 23 heavy (non-hydrogen) atoms. The number of aliphatic hydroxyl groups excluding tert-OH is 1. The molecule has 4 heteroatoms. The van der Waals surface area contributed by atoms with Crippen molar-refractivity contribution < 1.29 is 14.3 Å². The van der Waals surface area contributed by atoms with Crippen LogP contribution in [0.2, 0.25) is 0 Å². The van der Waals surface area contributed by atoms with Crippen LogP contribution in [0.4, 0.5) is 4.39 Å². The molecule has 3 N–H and O–H groups in total. The van der Waals surface area contributed by atoms with E-state index in [-0.39, 0.29) is 34.4 Å². The predicted octanol–water partition coefficient (Wildman–Crippen LogP) is 2.54. The zero-order valence-electron chi connectivity index (χ0n) is 13.8. The third-order valence-electron chi connectivity index (χ3n) is 7.61. The largest absolute Gasteiger partial charge is 0.389 e. The molecule has 4 rings (SSSR count). The number of allylic oxidation sites excluding steroid dienone is 3. The van der Waals surface area contributed by atoms with Crippen LogP contribution in [0, 0.1) is 28.6 Å². The number of ketones is 1. The third kappa shape index (κ3) is 1.91. The van der Waals surface area contributed by atoms with E-state index in [1.807, 2.05) is 12.2 Å². The van der Waals surface area contributed by atoms with Crippen LogP contribution in [0.25, 0.3) is 0 Å². The van der Waals surface area contributed by atoms with Gasteiger partial charge in [-0.15, -0.1) is 0 Å². The Labute approximate surface area is 136 Å². The minimum atomic E-state index is -0.974. The standard InChI is InChI=1S/C19H26FNO2/c1-18-5-3-11(22)7-10(18)8-15(23)16-12(18)4-6-19(2)13(16)9-14(20)17(19)21/h3,5,8,12-17,23H,4,6-7,9,21H2,1-2H3/t12-,13+,14?,15?,16-,17?,18+,19+/m1/s1. The number of rotatable bonds is 0. The maximum Gasteiger partial charge on any atom is 0.159 e. The van der Waals surface area contributed by atoms with Gasteiger partial charge in [0.2, 0.25) is 0 Å². The summed E-state index contributed by atoms with van der Waals surface area (Å²) < 4.78 is 14.3. The summed E-state index contributed by atoms with van der Waals surface area (Å²) in [5.41, 5.74) is 6.82. The number of halogens is 1. The van der Waals surface area contributed by atoms with Crippen molar-refractivity contribution in [1.82, 2.24) is 0 Å². The van der Waals surface area contributed by atoms with E-state index in [9.17, 15) is 14.3 Å². The van der Waals surface area contributed by atoms with Crippen LogP contribution in [0.3, 0.4) is 0 Å². The van der Waals surface area contributed by atoms with Crippen LogP contribution in [0.15, 0.2) is 23.8 Å². The summed E-state index contributed by atoms with van der Waals surface area (Å²) >= 11 is 0. The fraction of sp³-hybridized carbons (Fsp3) is 0.737. The van der Waals surface area contributed by atoms with Crippen LogP contribution < -0.4 is 5.73 Å². The van der Waals surface area contributed by atoms with Crippen molar-refractivity contribution in [3.8, 4) is 0 Å².